The van der Waals surface area contributed by atoms with Crippen LogP contribution in [0.1, 0.15) is 35.3 Å². The maximum atomic E-state index is 13.2. The van der Waals surface area contributed by atoms with Crippen molar-refractivity contribution in [3.05, 3.63) is 88.5 Å². The number of halogens is 1. The van der Waals surface area contributed by atoms with Gasteiger partial charge in [0.15, 0.2) is 4.80 Å². The van der Waals surface area contributed by atoms with Crippen LogP contribution >= 0.6 is 11.3 Å². The van der Waals surface area contributed by atoms with Crippen LogP contribution in [-0.4, -0.2) is 30.0 Å². The van der Waals surface area contributed by atoms with Crippen LogP contribution in [0.15, 0.2) is 76.6 Å². The fourth-order valence-electron chi connectivity index (χ4n) is 3.63. The van der Waals surface area contributed by atoms with Gasteiger partial charge in [0.05, 0.1) is 20.8 Å². The molecule has 8 nitrogen and oxygen atoms in total. The van der Waals surface area contributed by atoms with Gasteiger partial charge in [-0.25, -0.2) is 17.6 Å². The first-order valence-corrected chi connectivity index (χ1v) is 13.2. The van der Waals surface area contributed by atoms with Crippen LogP contribution in [0.4, 0.5) is 10.1 Å². The molecule has 0 aliphatic carbocycles. The van der Waals surface area contributed by atoms with Gasteiger partial charge in [0.1, 0.15) is 11.9 Å². The second-order valence-corrected chi connectivity index (χ2v) is 10.7. The number of carbonyl (C=O) groups excluding carboxylic acids is 1. The van der Waals surface area contributed by atoms with Gasteiger partial charge in [0, 0.05) is 5.56 Å². The summed E-state index contributed by atoms with van der Waals surface area (Å²) in [5, 5.41) is 9.80. The van der Waals surface area contributed by atoms with Crippen molar-refractivity contribution in [2.75, 3.05) is 4.72 Å². The van der Waals surface area contributed by atoms with E-state index in [0.717, 1.165) is 41.2 Å². The van der Waals surface area contributed by atoms with Gasteiger partial charge in [-0.05, 0) is 67.9 Å². The van der Waals surface area contributed by atoms with Crippen LogP contribution in [0, 0.1) is 12.7 Å². The van der Waals surface area contributed by atoms with E-state index in [1.54, 1.807) is 43.3 Å². The topological polar surface area (TPSA) is 118 Å². The predicted octanol–water partition coefficient (Wildman–Crippen LogP) is 4.73. The van der Waals surface area contributed by atoms with Gasteiger partial charge in [-0.1, -0.05) is 36.0 Å². The van der Waals surface area contributed by atoms with Crippen molar-refractivity contribution in [3.8, 4) is 0 Å². The molecule has 0 radical (unpaired) electrons. The van der Waals surface area contributed by atoms with E-state index >= 15 is 0 Å². The first-order chi connectivity index (χ1) is 17.1. The lowest BCUT2D eigenvalue weighted by atomic mass is 10.1. The number of thiazole rings is 1. The molecule has 4 rings (SSSR count). The van der Waals surface area contributed by atoms with Crippen molar-refractivity contribution in [1.82, 2.24) is 4.57 Å². The Kier molecular flexibility index (Phi) is 7.04. The Morgan fingerprint density at radius 2 is 1.75 bits per heavy atom. The van der Waals surface area contributed by atoms with E-state index in [4.69, 9.17) is 0 Å². The van der Waals surface area contributed by atoms with E-state index in [-0.39, 0.29) is 21.8 Å². The number of sulfonamides is 1. The third-order valence-corrected chi connectivity index (χ3v) is 7.90. The van der Waals surface area contributed by atoms with Crippen LogP contribution in [0.3, 0.4) is 0 Å². The standard InChI is InChI=1S/C25H22FN3O5S2/c1-3-20(24(31)32)29-21-13-10-18(28-36(33,34)19-11-8-17(26)9-12-19)14-22(21)35-25(29)27-23(30)16-6-4-15(2)5-7-16/h4-14,20,28H,3H2,1-2H3,(H,31,32). The molecule has 3 aromatic carbocycles. The number of fused-ring (bicyclic) bond motifs is 1. The summed E-state index contributed by atoms with van der Waals surface area (Å²) in [6.07, 6.45) is 0.242. The van der Waals surface area contributed by atoms with Crippen LogP contribution in [0.2, 0.25) is 0 Å². The molecule has 186 valence electrons. The molecule has 36 heavy (non-hydrogen) atoms. The van der Waals surface area contributed by atoms with Gasteiger partial charge in [-0.3, -0.25) is 9.52 Å². The lowest BCUT2D eigenvalue weighted by Gasteiger charge is -2.14. The van der Waals surface area contributed by atoms with Gasteiger partial charge in [-0.15, -0.1) is 0 Å². The normalized spacial score (nSPS) is 13.0. The lowest BCUT2D eigenvalue weighted by molar-refractivity contribution is -0.140. The van der Waals surface area contributed by atoms with Crippen molar-refractivity contribution >= 4 is 49.1 Å². The third kappa shape index (κ3) is 5.21. The number of hydrogen-bond donors (Lipinski definition) is 2. The molecule has 1 aromatic heterocycles. The van der Waals surface area contributed by atoms with Crippen LogP contribution in [0.5, 0.6) is 0 Å². The van der Waals surface area contributed by atoms with Crippen LogP contribution < -0.4 is 9.52 Å². The highest BCUT2D eigenvalue weighted by atomic mass is 32.2. The monoisotopic (exact) mass is 527 g/mol. The summed E-state index contributed by atoms with van der Waals surface area (Å²) in [6, 6.07) is 14.9. The van der Waals surface area contributed by atoms with Gasteiger partial charge in [-0.2, -0.15) is 4.99 Å². The quantitative estimate of drug-likeness (QED) is 0.360. The minimum atomic E-state index is -3.99. The number of aryl methyl sites for hydroxylation is 1. The summed E-state index contributed by atoms with van der Waals surface area (Å²) in [6.45, 7) is 3.61. The molecule has 0 spiro atoms. The molecular formula is C25H22FN3O5S2. The first kappa shape index (κ1) is 25.3. The highest BCUT2D eigenvalue weighted by Gasteiger charge is 2.23. The van der Waals surface area contributed by atoms with Gasteiger partial charge < -0.3 is 9.67 Å². The number of nitrogens with zero attached hydrogens (tertiary/aromatic N) is 2. The Bertz CT molecular complexity index is 1620. The zero-order chi connectivity index (χ0) is 26.0. The van der Waals surface area contributed by atoms with Crippen molar-refractivity contribution in [2.45, 2.75) is 31.2 Å². The maximum absolute atomic E-state index is 13.2. The molecule has 0 fully saturated rings. The molecule has 2 N–H and O–H groups in total. The van der Waals surface area contributed by atoms with E-state index in [2.05, 4.69) is 9.71 Å². The van der Waals surface area contributed by atoms with E-state index in [9.17, 15) is 27.5 Å². The number of carbonyl (C=O) groups is 2. The highest BCUT2D eigenvalue weighted by molar-refractivity contribution is 7.92. The molecule has 0 aliphatic heterocycles. The Morgan fingerprint density at radius 1 is 1.08 bits per heavy atom. The molecule has 1 amide bonds. The average molecular weight is 528 g/mol. The summed E-state index contributed by atoms with van der Waals surface area (Å²) in [7, 11) is -3.99. The van der Waals surface area contributed by atoms with Crippen molar-refractivity contribution < 1.29 is 27.5 Å². The van der Waals surface area contributed by atoms with Crippen molar-refractivity contribution in [2.24, 2.45) is 4.99 Å². The van der Waals surface area contributed by atoms with Crippen molar-refractivity contribution in [1.29, 1.82) is 0 Å². The Labute approximate surface area is 210 Å². The molecule has 1 unspecified atom stereocenters. The van der Waals surface area contributed by atoms with E-state index < -0.39 is 33.8 Å². The molecule has 11 heteroatoms. The molecule has 0 saturated heterocycles. The number of aromatic nitrogens is 1. The minimum Gasteiger partial charge on any atom is -0.480 e. The number of carboxylic acid groups (broad SMARTS) is 1. The SMILES string of the molecule is CCC(C(=O)O)n1c(=NC(=O)c2ccc(C)cc2)sc2cc(NS(=O)(=O)c3ccc(F)cc3)ccc21. The number of rotatable bonds is 7. The summed E-state index contributed by atoms with van der Waals surface area (Å²) < 4.78 is 43.1. The smallest absolute Gasteiger partial charge is 0.326 e. The molecule has 4 aromatic rings. The largest absolute Gasteiger partial charge is 0.480 e. The molecule has 0 bridgehead atoms. The fourth-order valence-corrected chi connectivity index (χ4v) is 5.79. The zero-order valence-corrected chi connectivity index (χ0v) is 20.9. The number of nitrogens with one attached hydrogen (secondary N) is 1. The molecule has 1 heterocycles. The van der Waals surface area contributed by atoms with Crippen molar-refractivity contribution in [3.63, 3.8) is 0 Å². The number of anilines is 1. The second-order valence-electron chi connectivity index (χ2n) is 8.04. The predicted molar refractivity (Wildman–Crippen MR) is 135 cm³/mol. The zero-order valence-electron chi connectivity index (χ0n) is 19.3. The van der Waals surface area contributed by atoms with E-state index in [1.807, 2.05) is 6.92 Å². The molecule has 0 saturated carbocycles. The number of aliphatic carboxylic acids is 1. The van der Waals surface area contributed by atoms with E-state index in [1.165, 1.54) is 10.6 Å². The molecular weight excluding hydrogens is 505 g/mol. The minimum absolute atomic E-state index is 0.110. The highest BCUT2D eigenvalue weighted by Crippen LogP contribution is 2.27. The second kappa shape index (κ2) is 10.0. The van der Waals surface area contributed by atoms with E-state index in [0.29, 0.717) is 15.8 Å². The molecule has 0 aliphatic rings. The van der Waals surface area contributed by atoms with Gasteiger partial charge in [0.2, 0.25) is 0 Å². The summed E-state index contributed by atoms with van der Waals surface area (Å²) in [5.41, 5.74) is 2.06. The first-order valence-electron chi connectivity index (χ1n) is 10.9. The summed E-state index contributed by atoms with van der Waals surface area (Å²) in [5.74, 6) is -2.16. The third-order valence-electron chi connectivity index (χ3n) is 5.48. The Balaban J connectivity index is 1.80. The van der Waals surface area contributed by atoms with Gasteiger partial charge in [0.25, 0.3) is 15.9 Å². The van der Waals surface area contributed by atoms with Crippen LogP contribution in [-0.2, 0) is 14.8 Å². The number of amides is 1. The molecule has 1 atom stereocenters. The summed E-state index contributed by atoms with van der Waals surface area (Å²) >= 11 is 1.08. The Hall–Kier alpha value is -3.83. The Morgan fingerprint density at radius 3 is 2.36 bits per heavy atom. The maximum Gasteiger partial charge on any atom is 0.326 e. The van der Waals surface area contributed by atoms with Crippen LogP contribution in [0.25, 0.3) is 10.2 Å². The average Bonchev–Trinajstić information content (AvgIpc) is 3.16. The number of benzene rings is 3. The number of hydrogen-bond acceptors (Lipinski definition) is 5. The fraction of sp³-hybridized carbons (Fsp3) is 0.160. The summed E-state index contributed by atoms with van der Waals surface area (Å²) in [4.78, 5) is 29.1. The number of carboxylic acids is 1. The lowest BCUT2D eigenvalue weighted by Crippen LogP contribution is -2.27. The van der Waals surface area contributed by atoms with Gasteiger partial charge >= 0.3 is 5.97 Å².